The molecule has 1 amide bonds. The monoisotopic (exact) mass is 228 g/mol. The number of amides is 1. The molecule has 86 valence electrons. The molecule has 2 aromatic rings. The van der Waals surface area contributed by atoms with Crippen LogP contribution in [-0.4, -0.2) is 20.7 Å². The first kappa shape index (κ1) is 11.1. The second-order valence-corrected chi connectivity index (χ2v) is 3.48. The van der Waals surface area contributed by atoms with Gasteiger partial charge in [-0.05, 0) is 24.3 Å². The Morgan fingerprint density at radius 3 is 3.00 bits per heavy atom. The van der Waals surface area contributed by atoms with Gasteiger partial charge in [-0.3, -0.25) is 4.79 Å². The second-order valence-electron chi connectivity index (χ2n) is 3.48. The smallest absolute Gasteiger partial charge is 0.221 e. The van der Waals surface area contributed by atoms with Crippen molar-refractivity contribution in [3.63, 3.8) is 0 Å². The quantitative estimate of drug-likeness (QED) is 0.872. The Bertz CT molecular complexity index is 559. The van der Waals surface area contributed by atoms with Gasteiger partial charge in [0.25, 0.3) is 0 Å². The van der Waals surface area contributed by atoms with Crippen molar-refractivity contribution in [1.82, 2.24) is 14.8 Å². The van der Waals surface area contributed by atoms with Crippen molar-refractivity contribution in [2.75, 3.05) is 5.32 Å². The van der Waals surface area contributed by atoms with E-state index < -0.39 is 0 Å². The zero-order valence-corrected chi connectivity index (χ0v) is 9.42. The summed E-state index contributed by atoms with van der Waals surface area (Å²) in [6, 6.07) is 7.36. The third kappa shape index (κ3) is 2.57. The fourth-order valence-corrected chi connectivity index (χ4v) is 1.42. The van der Waals surface area contributed by atoms with Crippen molar-refractivity contribution < 1.29 is 4.79 Å². The molecule has 2 rings (SSSR count). The maximum absolute atomic E-state index is 11.0. The van der Waals surface area contributed by atoms with E-state index in [1.54, 1.807) is 17.1 Å². The van der Waals surface area contributed by atoms with Gasteiger partial charge in [-0.25, -0.2) is 9.67 Å². The molecule has 0 unspecified atom stereocenters. The summed E-state index contributed by atoms with van der Waals surface area (Å²) in [7, 11) is 0. The molecule has 0 bridgehead atoms. The first-order valence-corrected chi connectivity index (χ1v) is 5.11. The van der Waals surface area contributed by atoms with E-state index in [2.05, 4.69) is 22.0 Å². The highest BCUT2D eigenvalue weighted by Gasteiger charge is 2.02. The number of carbonyl (C=O) groups excluding carboxylic acids is 1. The van der Waals surface area contributed by atoms with Crippen LogP contribution in [0.5, 0.6) is 0 Å². The fraction of sp³-hybridized carbons (Fsp3) is 0.0833. The Morgan fingerprint density at radius 2 is 2.35 bits per heavy atom. The Balaban J connectivity index is 2.32. The number of rotatable bonds is 3. The first-order valence-electron chi connectivity index (χ1n) is 5.11. The fourth-order valence-electron chi connectivity index (χ4n) is 1.42. The van der Waals surface area contributed by atoms with Gasteiger partial charge in [0.15, 0.2) is 5.82 Å². The highest BCUT2D eigenvalue weighted by Crippen LogP contribution is 2.13. The van der Waals surface area contributed by atoms with Crippen molar-refractivity contribution in [3.05, 3.63) is 43.0 Å². The van der Waals surface area contributed by atoms with E-state index in [9.17, 15) is 4.79 Å². The molecule has 0 spiro atoms. The Hall–Kier alpha value is -2.43. The molecule has 17 heavy (non-hydrogen) atoms. The third-order valence-corrected chi connectivity index (χ3v) is 2.12. The van der Waals surface area contributed by atoms with E-state index >= 15 is 0 Å². The minimum atomic E-state index is -0.104. The van der Waals surface area contributed by atoms with E-state index in [1.807, 2.05) is 24.3 Å². The molecule has 5 heteroatoms. The Labute approximate surface area is 98.8 Å². The van der Waals surface area contributed by atoms with E-state index in [-0.39, 0.29) is 5.91 Å². The molecule has 0 radical (unpaired) electrons. The van der Waals surface area contributed by atoms with Gasteiger partial charge in [-0.2, -0.15) is 0 Å². The van der Waals surface area contributed by atoms with Gasteiger partial charge in [0, 0.05) is 12.6 Å². The predicted octanol–water partition coefficient (Wildman–Crippen LogP) is 1.87. The molecular weight excluding hydrogens is 216 g/mol. The lowest BCUT2D eigenvalue weighted by molar-refractivity contribution is -0.114. The minimum Gasteiger partial charge on any atom is -0.326 e. The van der Waals surface area contributed by atoms with Gasteiger partial charge in [0.2, 0.25) is 5.91 Å². The largest absolute Gasteiger partial charge is 0.326 e. The van der Waals surface area contributed by atoms with Crippen LogP contribution in [0.15, 0.2) is 37.2 Å². The van der Waals surface area contributed by atoms with Gasteiger partial charge in [0.1, 0.15) is 6.33 Å². The molecule has 0 saturated heterocycles. The normalized spacial score (nSPS) is 9.94. The second kappa shape index (κ2) is 4.61. The number of nitrogens with one attached hydrogen (secondary N) is 1. The highest BCUT2D eigenvalue weighted by molar-refractivity contribution is 5.88. The van der Waals surface area contributed by atoms with Gasteiger partial charge in [0.05, 0.1) is 5.69 Å². The molecule has 5 nitrogen and oxygen atoms in total. The number of hydrogen-bond donors (Lipinski definition) is 1. The molecule has 1 N–H and O–H groups in total. The Morgan fingerprint density at radius 1 is 1.53 bits per heavy atom. The van der Waals surface area contributed by atoms with Crippen LogP contribution < -0.4 is 5.32 Å². The lowest BCUT2D eigenvalue weighted by Gasteiger charge is -2.04. The van der Waals surface area contributed by atoms with Crippen molar-refractivity contribution in [3.8, 4) is 5.69 Å². The highest BCUT2D eigenvalue weighted by atomic mass is 16.1. The molecule has 0 atom stereocenters. The summed E-state index contributed by atoms with van der Waals surface area (Å²) < 4.78 is 1.63. The van der Waals surface area contributed by atoms with Gasteiger partial charge in [-0.1, -0.05) is 12.6 Å². The Kier molecular flexibility index (Phi) is 3.00. The maximum Gasteiger partial charge on any atom is 0.221 e. The topological polar surface area (TPSA) is 59.8 Å². The molecule has 0 aliphatic rings. The van der Waals surface area contributed by atoms with Crippen LogP contribution in [0.3, 0.4) is 0 Å². The van der Waals surface area contributed by atoms with Gasteiger partial charge in [-0.15, -0.1) is 5.10 Å². The summed E-state index contributed by atoms with van der Waals surface area (Å²) >= 11 is 0. The summed E-state index contributed by atoms with van der Waals surface area (Å²) in [5.74, 6) is 0.461. The number of benzene rings is 1. The lowest BCUT2D eigenvalue weighted by Crippen LogP contribution is -2.06. The van der Waals surface area contributed by atoms with Gasteiger partial charge < -0.3 is 5.32 Å². The van der Waals surface area contributed by atoms with Crippen LogP contribution in [0.25, 0.3) is 11.8 Å². The number of aromatic nitrogens is 3. The molecule has 0 saturated carbocycles. The number of hydrogen-bond acceptors (Lipinski definition) is 3. The molecule has 1 aromatic heterocycles. The molecule has 0 aliphatic carbocycles. The summed E-state index contributed by atoms with van der Waals surface area (Å²) in [5.41, 5.74) is 1.56. The SMILES string of the molecule is C=Cc1ncn(-c2cccc(NC(C)=O)c2)n1. The molecular formula is C12H12N4O. The summed E-state index contributed by atoms with van der Waals surface area (Å²) in [5, 5.41) is 6.91. The van der Waals surface area contributed by atoms with Crippen LogP contribution in [0.4, 0.5) is 5.69 Å². The van der Waals surface area contributed by atoms with Crippen molar-refractivity contribution in [1.29, 1.82) is 0 Å². The van der Waals surface area contributed by atoms with Crippen LogP contribution in [0.1, 0.15) is 12.7 Å². The number of nitrogens with zero attached hydrogens (tertiary/aromatic N) is 3. The third-order valence-electron chi connectivity index (χ3n) is 2.12. The van der Waals surface area contributed by atoms with Crippen molar-refractivity contribution >= 4 is 17.7 Å². The van der Waals surface area contributed by atoms with Crippen LogP contribution >= 0.6 is 0 Å². The zero-order chi connectivity index (χ0) is 12.3. The van der Waals surface area contributed by atoms with Gasteiger partial charge >= 0.3 is 0 Å². The van der Waals surface area contributed by atoms with E-state index in [4.69, 9.17) is 0 Å². The minimum absolute atomic E-state index is 0.104. The van der Waals surface area contributed by atoms with Crippen molar-refractivity contribution in [2.45, 2.75) is 6.92 Å². The molecule has 0 fully saturated rings. The summed E-state index contributed by atoms with van der Waals surface area (Å²) in [6.45, 7) is 5.07. The van der Waals surface area contributed by atoms with Crippen LogP contribution in [0, 0.1) is 0 Å². The van der Waals surface area contributed by atoms with Crippen molar-refractivity contribution in [2.24, 2.45) is 0 Å². The molecule has 1 heterocycles. The predicted molar refractivity (Wildman–Crippen MR) is 65.8 cm³/mol. The average molecular weight is 228 g/mol. The zero-order valence-electron chi connectivity index (χ0n) is 9.42. The summed E-state index contributed by atoms with van der Waals surface area (Å²) in [6.07, 6.45) is 3.18. The van der Waals surface area contributed by atoms with E-state index in [0.29, 0.717) is 5.82 Å². The maximum atomic E-state index is 11.0. The number of carbonyl (C=O) groups is 1. The summed E-state index contributed by atoms with van der Waals surface area (Å²) in [4.78, 5) is 15.0. The van der Waals surface area contributed by atoms with E-state index in [1.165, 1.54) is 6.92 Å². The lowest BCUT2D eigenvalue weighted by atomic mass is 10.3. The first-order chi connectivity index (χ1) is 8.19. The molecule has 1 aromatic carbocycles. The number of anilines is 1. The average Bonchev–Trinajstić information content (AvgIpc) is 2.77. The standard InChI is InChI=1S/C12H12N4O/c1-3-12-13-8-16(15-12)11-6-4-5-10(7-11)14-9(2)17/h3-8H,1H2,2H3,(H,14,17). The van der Waals surface area contributed by atoms with Crippen LogP contribution in [-0.2, 0) is 4.79 Å². The van der Waals surface area contributed by atoms with Crippen LogP contribution in [0.2, 0.25) is 0 Å². The van der Waals surface area contributed by atoms with E-state index in [0.717, 1.165) is 11.4 Å². The molecule has 0 aliphatic heterocycles.